The Labute approximate surface area is 199 Å². The van der Waals surface area contributed by atoms with Gasteiger partial charge in [0.05, 0.1) is 6.54 Å². The summed E-state index contributed by atoms with van der Waals surface area (Å²) in [6, 6.07) is 7.05. The number of benzene rings is 1. The van der Waals surface area contributed by atoms with Crippen LogP contribution in [0.4, 0.5) is 13.2 Å². The number of rotatable bonds is 8. The number of halogens is 4. The molecular weight excluding hydrogens is 473 g/mol. The Kier molecular flexibility index (Phi) is 7.75. The Morgan fingerprint density at radius 1 is 1.15 bits per heavy atom. The molecule has 12 heteroatoms. The smallest absolute Gasteiger partial charge is 0.350 e. The maximum atomic E-state index is 13.0. The van der Waals surface area contributed by atoms with E-state index < -0.39 is 12.0 Å². The largest absolute Gasteiger partial charge is 0.453 e. The number of hydrogen-bond acceptors (Lipinski definition) is 5. The van der Waals surface area contributed by atoms with Gasteiger partial charge >= 0.3 is 6.18 Å². The van der Waals surface area contributed by atoms with Crippen LogP contribution in [-0.2, 0) is 28.7 Å². The molecule has 0 aliphatic carbocycles. The number of aryl methyl sites for hydroxylation is 2. The van der Waals surface area contributed by atoms with Crippen LogP contribution < -0.4 is 5.32 Å². The van der Waals surface area contributed by atoms with E-state index in [0.29, 0.717) is 35.1 Å². The molecule has 2 heterocycles. The van der Waals surface area contributed by atoms with Crippen molar-refractivity contribution in [2.24, 2.45) is 0 Å². The molecule has 1 aromatic carbocycles. The molecule has 0 aliphatic rings. The number of aromatic nitrogens is 4. The highest BCUT2D eigenvalue weighted by Gasteiger charge is 2.37. The lowest BCUT2D eigenvalue weighted by Crippen LogP contribution is -2.40. The molecule has 2 aromatic heterocycles. The Morgan fingerprint density at radius 2 is 1.82 bits per heavy atom. The third-order valence-electron chi connectivity index (χ3n) is 5.36. The highest BCUT2D eigenvalue weighted by atomic mass is 35.5. The molecule has 0 radical (unpaired) electrons. The average Bonchev–Trinajstić information content (AvgIpc) is 3.21. The molecule has 0 unspecified atom stereocenters. The van der Waals surface area contributed by atoms with E-state index in [1.54, 1.807) is 45.0 Å². The highest BCUT2D eigenvalue weighted by molar-refractivity contribution is 6.30. The summed E-state index contributed by atoms with van der Waals surface area (Å²) in [6.07, 6.45) is -4.38. The van der Waals surface area contributed by atoms with Gasteiger partial charge in [0, 0.05) is 35.9 Å². The normalized spacial score (nSPS) is 11.6. The second kappa shape index (κ2) is 10.4. The van der Waals surface area contributed by atoms with E-state index in [2.05, 4.69) is 20.4 Å². The number of nitrogens with one attached hydrogen (secondary N) is 1. The van der Waals surface area contributed by atoms with Crippen LogP contribution in [0.3, 0.4) is 0 Å². The molecule has 3 aromatic rings. The molecule has 0 aliphatic heterocycles. The van der Waals surface area contributed by atoms with Gasteiger partial charge in [-0.3, -0.25) is 9.59 Å². The summed E-state index contributed by atoms with van der Waals surface area (Å²) in [4.78, 5) is 34.0. The molecule has 0 bridgehead atoms. The Bertz CT molecular complexity index is 1190. The van der Waals surface area contributed by atoms with Crippen molar-refractivity contribution in [3.63, 3.8) is 0 Å². The summed E-state index contributed by atoms with van der Waals surface area (Å²) < 4.78 is 39.9. The molecule has 0 atom stereocenters. The predicted octanol–water partition coefficient (Wildman–Crippen LogP) is 3.51. The zero-order chi connectivity index (χ0) is 25.0. The van der Waals surface area contributed by atoms with Crippen LogP contribution in [0.2, 0.25) is 5.02 Å². The lowest BCUT2D eigenvalue weighted by atomic mass is 10.1. The molecule has 0 fully saturated rings. The topological polar surface area (TPSA) is 92.5 Å². The molecule has 0 saturated heterocycles. The van der Waals surface area contributed by atoms with Gasteiger partial charge < -0.3 is 10.2 Å². The molecular formula is C22H24ClF3N6O2. The van der Waals surface area contributed by atoms with Gasteiger partial charge in [-0.15, -0.1) is 5.10 Å². The minimum absolute atomic E-state index is 0.0635. The maximum absolute atomic E-state index is 13.0. The van der Waals surface area contributed by atoms with E-state index in [0.717, 1.165) is 10.1 Å². The number of likely N-dealkylation sites (N-methyl/N-ethyl adjacent to an activating group) is 1. The van der Waals surface area contributed by atoms with Crippen LogP contribution in [0.5, 0.6) is 0 Å². The molecule has 3 rings (SSSR count). The lowest BCUT2D eigenvalue weighted by Gasteiger charge is -2.21. The molecule has 0 saturated carbocycles. The molecule has 34 heavy (non-hydrogen) atoms. The van der Waals surface area contributed by atoms with Crippen LogP contribution in [-0.4, -0.2) is 49.4 Å². The summed E-state index contributed by atoms with van der Waals surface area (Å²) in [7, 11) is 0. The zero-order valence-corrected chi connectivity index (χ0v) is 19.7. The first-order chi connectivity index (χ1) is 16.0. The van der Waals surface area contributed by atoms with Gasteiger partial charge in [0.15, 0.2) is 0 Å². The number of amides is 2. The second-order valence-corrected chi connectivity index (χ2v) is 8.15. The van der Waals surface area contributed by atoms with Crippen LogP contribution in [0.15, 0.2) is 24.3 Å². The van der Waals surface area contributed by atoms with Crippen molar-refractivity contribution in [3.05, 3.63) is 57.6 Å². The minimum Gasteiger partial charge on any atom is -0.350 e. The lowest BCUT2D eigenvalue weighted by molar-refractivity contribution is -0.144. The van der Waals surface area contributed by atoms with Crippen molar-refractivity contribution in [2.75, 3.05) is 13.1 Å². The number of fused-ring (bicyclic) bond motifs is 1. The summed E-state index contributed by atoms with van der Waals surface area (Å²) in [6.45, 7) is 5.57. The van der Waals surface area contributed by atoms with Crippen molar-refractivity contribution in [1.82, 2.24) is 29.8 Å². The monoisotopic (exact) mass is 496 g/mol. The number of nitrogens with zero attached hydrogens (tertiary/aromatic N) is 5. The van der Waals surface area contributed by atoms with Gasteiger partial charge in [0.25, 0.3) is 11.6 Å². The zero-order valence-electron chi connectivity index (χ0n) is 18.9. The SMILES string of the molecule is CCN(CC(=O)NCc1ccc(Cl)cc1)C(=O)CCc1c(C)nc2nc(C(F)(F)F)nn2c1C. The summed E-state index contributed by atoms with van der Waals surface area (Å²) in [5.74, 6) is -1.97. The molecule has 0 spiro atoms. The quantitative estimate of drug-likeness (QED) is 0.515. The summed E-state index contributed by atoms with van der Waals surface area (Å²) in [5.41, 5.74) is 2.40. The minimum atomic E-state index is -4.68. The summed E-state index contributed by atoms with van der Waals surface area (Å²) in [5, 5.41) is 6.88. The number of carbonyl (C=O) groups excluding carboxylic acids is 2. The third-order valence-corrected chi connectivity index (χ3v) is 5.62. The van der Waals surface area contributed by atoms with Gasteiger partial charge in [-0.2, -0.15) is 18.2 Å². The van der Waals surface area contributed by atoms with Crippen LogP contribution in [0.25, 0.3) is 5.78 Å². The Balaban J connectivity index is 1.62. The van der Waals surface area contributed by atoms with Crippen molar-refractivity contribution in [2.45, 2.75) is 46.3 Å². The first-order valence-corrected chi connectivity index (χ1v) is 11.0. The average molecular weight is 497 g/mol. The third kappa shape index (κ3) is 6.02. The second-order valence-electron chi connectivity index (χ2n) is 7.72. The van der Waals surface area contributed by atoms with Crippen molar-refractivity contribution in [3.8, 4) is 0 Å². The van der Waals surface area contributed by atoms with Gasteiger partial charge in [-0.25, -0.2) is 9.50 Å². The van der Waals surface area contributed by atoms with Gasteiger partial charge in [0.2, 0.25) is 11.8 Å². The van der Waals surface area contributed by atoms with E-state index in [4.69, 9.17) is 11.6 Å². The van der Waals surface area contributed by atoms with Crippen molar-refractivity contribution in [1.29, 1.82) is 0 Å². The van der Waals surface area contributed by atoms with Crippen LogP contribution in [0, 0.1) is 13.8 Å². The fourth-order valence-corrected chi connectivity index (χ4v) is 3.61. The fraction of sp³-hybridized carbons (Fsp3) is 0.409. The fourth-order valence-electron chi connectivity index (χ4n) is 3.49. The maximum Gasteiger partial charge on any atom is 0.453 e. The van der Waals surface area contributed by atoms with E-state index in [1.807, 2.05) is 0 Å². The Hall–Kier alpha value is -3.21. The standard InChI is InChI=1S/C22H24ClF3N6O2/c1-4-31(12-18(33)27-11-15-5-7-16(23)8-6-15)19(34)10-9-17-13(2)28-21-29-20(22(24,25)26)30-32(21)14(17)3/h5-8H,4,9-12H2,1-3H3,(H,27,33). The molecule has 1 N–H and O–H groups in total. The van der Waals surface area contributed by atoms with Gasteiger partial charge in [-0.05, 0) is 50.5 Å². The Morgan fingerprint density at radius 3 is 2.44 bits per heavy atom. The number of alkyl halides is 3. The van der Waals surface area contributed by atoms with Gasteiger partial charge in [-0.1, -0.05) is 23.7 Å². The van der Waals surface area contributed by atoms with Crippen LogP contribution >= 0.6 is 11.6 Å². The van der Waals surface area contributed by atoms with E-state index in [-0.39, 0.29) is 37.0 Å². The number of carbonyl (C=O) groups is 2. The first-order valence-electron chi connectivity index (χ1n) is 10.6. The van der Waals surface area contributed by atoms with Crippen molar-refractivity contribution < 1.29 is 22.8 Å². The van der Waals surface area contributed by atoms with E-state index in [9.17, 15) is 22.8 Å². The number of hydrogen-bond donors (Lipinski definition) is 1. The predicted molar refractivity (Wildman–Crippen MR) is 119 cm³/mol. The first kappa shape index (κ1) is 25.4. The van der Waals surface area contributed by atoms with Gasteiger partial charge in [0.1, 0.15) is 0 Å². The molecule has 182 valence electrons. The van der Waals surface area contributed by atoms with E-state index in [1.165, 1.54) is 4.90 Å². The van der Waals surface area contributed by atoms with Crippen molar-refractivity contribution >= 4 is 29.2 Å². The molecule has 2 amide bonds. The van der Waals surface area contributed by atoms with E-state index >= 15 is 0 Å². The van der Waals surface area contributed by atoms with Crippen LogP contribution in [0.1, 0.15) is 41.7 Å². The highest BCUT2D eigenvalue weighted by Crippen LogP contribution is 2.27. The summed E-state index contributed by atoms with van der Waals surface area (Å²) >= 11 is 5.85. The molecule has 8 nitrogen and oxygen atoms in total.